The van der Waals surface area contributed by atoms with Gasteiger partial charge in [-0.25, -0.2) is 0 Å². The van der Waals surface area contributed by atoms with Crippen LogP contribution in [-0.4, -0.2) is 38.5 Å². The molecule has 4 rings (SSSR count). The van der Waals surface area contributed by atoms with Crippen LogP contribution in [0.3, 0.4) is 0 Å². The SMILES string of the molecule is N#Cc1ccc(C(=O)N2CCCC(c3nnc4ccccn34)C2)cc1. The van der Waals surface area contributed by atoms with Gasteiger partial charge in [-0.2, -0.15) is 5.26 Å². The lowest BCUT2D eigenvalue weighted by atomic mass is 9.96. The largest absolute Gasteiger partial charge is 0.338 e. The topological polar surface area (TPSA) is 74.3 Å². The first-order chi connectivity index (χ1) is 12.3. The molecule has 0 spiro atoms. The molecule has 1 aliphatic heterocycles. The van der Waals surface area contributed by atoms with Gasteiger partial charge in [0.2, 0.25) is 0 Å². The van der Waals surface area contributed by atoms with Crippen LogP contribution in [0.2, 0.25) is 0 Å². The van der Waals surface area contributed by atoms with Gasteiger partial charge in [0.15, 0.2) is 5.65 Å². The second-order valence-electron chi connectivity index (χ2n) is 6.27. The zero-order valence-corrected chi connectivity index (χ0v) is 13.7. The van der Waals surface area contributed by atoms with Crippen molar-refractivity contribution in [2.75, 3.05) is 13.1 Å². The van der Waals surface area contributed by atoms with Gasteiger partial charge < -0.3 is 4.90 Å². The summed E-state index contributed by atoms with van der Waals surface area (Å²) in [5.74, 6) is 1.09. The maximum absolute atomic E-state index is 12.8. The number of likely N-dealkylation sites (tertiary alicyclic amines) is 1. The zero-order valence-electron chi connectivity index (χ0n) is 13.7. The molecule has 1 unspecified atom stereocenters. The van der Waals surface area contributed by atoms with Crippen LogP contribution in [0.25, 0.3) is 5.65 Å². The standard InChI is InChI=1S/C19H17N5O/c20-12-14-6-8-15(9-7-14)19(25)23-10-3-4-16(13-23)18-22-21-17-5-1-2-11-24(17)18/h1-2,5-9,11,16H,3-4,10,13H2. The lowest BCUT2D eigenvalue weighted by Gasteiger charge is -2.32. The zero-order chi connectivity index (χ0) is 17.2. The molecular formula is C19H17N5O. The number of pyridine rings is 1. The first-order valence-electron chi connectivity index (χ1n) is 8.35. The Hall–Kier alpha value is -3.20. The average molecular weight is 331 g/mol. The smallest absolute Gasteiger partial charge is 0.253 e. The van der Waals surface area contributed by atoms with Crippen LogP contribution in [0.4, 0.5) is 0 Å². The summed E-state index contributed by atoms with van der Waals surface area (Å²) in [5.41, 5.74) is 2.00. The fourth-order valence-corrected chi connectivity index (χ4v) is 3.38. The Bertz CT molecular complexity index is 954. The van der Waals surface area contributed by atoms with E-state index in [0.717, 1.165) is 30.9 Å². The van der Waals surface area contributed by atoms with Gasteiger partial charge in [0, 0.05) is 30.8 Å². The number of piperidine rings is 1. The highest BCUT2D eigenvalue weighted by atomic mass is 16.2. The van der Waals surface area contributed by atoms with E-state index in [1.807, 2.05) is 33.7 Å². The van der Waals surface area contributed by atoms with E-state index in [4.69, 9.17) is 5.26 Å². The Morgan fingerprint density at radius 1 is 1.16 bits per heavy atom. The molecule has 1 fully saturated rings. The summed E-state index contributed by atoms with van der Waals surface area (Å²) in [5, 5.41) is 17.4. The van der Waals surface area contributed by atoms with Crippen LogP contribution in [0, 0.1) is 11.3 Å². The molecule has 0 aliphatic carbocycles. The highest BCUT2D eigenvalue weighted by Gasteiger charge is 2.28. The summed E-state index contributed by atoms with van der Waals surface area (Å²) >= 11 is 0. The number of rotatable bonds is 2. The number of nitrogens with zero attached hydrogens (tertiary/aromatic N) is 5. The molecule has 3 aromatic rings. The van der Waals surface area contributed by atoms with Crippen molar-refractivity contribution in [3.8, 4) is 6.07 Å². The normalized spacial score (nSPS) is 17.4. The summed E-state index contributed by atoms with van der Waals surface area (Å²) in [4.78, 5) is 14.7. The molecule has 6 heteroatoms. The number of amides is 1. The highest BCUT2D eigenvalue weighted by Crippen LogP contribution is 2.27. The highest BCUT2D eigenvalue weighted by molar-refractivity contribution is 5.94. The number of nitriles is 1. The second kappa shape index (κ2) is 6.36. The van der Waals surface area contributed by atoms with E-state index in [9.17, 15) is 4.79 Å². The molecule has 0 bridgehead atoms. The van der Waals surface area contributed by atoms with E-state index in [0.29, 0.717) is 17.7 Å². The number of aromatic nitrogens is 3. The van der Waals surface area contributed by atoms with Gasteiger partial charge in [-0.05, 0) is 49.2 Å². The Morgan fingerprint density at radius 2 is 2.00 bits per heavy atom. The second-order valence-corrected chi connectivity index (χ2v) is 6.27. The van der Waals surface area contributed by atoms with Crippen molar-refractivity contribution in [1.82, 2.24) is 19.5 Å². The molecule has 0 saturated carbocycles. The predicted molar refractivity (Wildman–Crippen MR) is 92.0 cm³/mol. The summed E-state index contributed by atoms with van der Waals surface area (Å²) in [6, 6.07) is 14.7. The quantitative estimate of drug-likeness (QED) is 0.723. The number of hydrogen-bond donors (Lipinski definition) is 0. The van der Waals surface area contributed by atoms with E-state index in [1.54, 1.807) is 24.3 Å². The van der Waals surface area contributed by atoms with E-state index >= 15 is 0 Å². The Kier molecular flexibility index (Phi) is 3.90. The summed E-state index contributed by atoms with van der Waals surface area (Å²) < 4.78 is 2.00. The van der Waals surface area contributed by atoms with Gasteiger partial charge in [-0.15, -0.1) is 10.2 Å². The number of fused-ring (bicyclic) bond motifs is 1. The van der Waals surface area contributed by atoms with Crippen LogP contribution in [0.15, 0.2) is 48.7 Å². The summed E-state index contributed by atoms with van der Waals surface area (Å²) in [7, 11) is 0. The molecule has 1 atom stereocenters. The van der Waals surface area contributed by atoms with E-state index < -0.39 is 0 Å². The molecule has 0 radical (unpaired) electrons. The lowest BCUT2D eigenvalue weighted by molar-refractivity contribution is 0.0704. The minimum absolute atomic E-state index is 0.00279. The van der Waals surface area contributed by atoms with E-state index in [2.05, 4.69) is 16.3 Å². The average Bonchev–Trinajstić information content (AvgIpc) is 3.12. The first kappa shape index (κ1) is 15.3. The van der Waals surface area contributed by atoms with Crippen LogP contribution in [0.5, 0.6) is 0 Å². The maximum atomic E-state index is 12.8. The minimum Gasteiger partial charge on any atom is -0.338 e. The molecule has 124 valence electrons. The molecule has 1 amide bonds. The van der Waals surface area contributed by atoms with Crippen molar-refractivity contribution >= 4 is 11.6 Å². The van der Waals surface area contributed by atoms with Crippen LogP contribution >= 0.6 is 0 Å². The molecule has 2 aromatic heterocycles. The third-order valence-electron chi connectivity index (χ3n) is 4.67. The number of carbonyl (C=O) groups excluding carboxylic acids is 1. The first-order valence-corrected chi connectivity index (χ1v) is 8.35. The van der Waals surface area contributed by atoms with Gasteiger partial charge in [0.1, 0.15) is 5.82 Å². The van der Waals surface area contributed by atoms with Crippen molar-refractivity contribution in [2.45, 2.75) is 18.8 Å². The van der Waals surface area contributed by atoms with Crippen LogP contribution in [-0.2, 0) is 0 Å². The van der Waals surface area contributed by atoms with Gasteiger partial charge in [-0.3, -0.25) is 9.20 Å². The fraction of sp³-hybridized carbons (Fsp3) is 0.263. The third kappa shape index (κ3) is 2.85. The van der Waals surface area contributed by atoms with Gasteiger partial charge in [0.05, 0.1) is 11.6 Å². The van der Waals surface area contributed by atoms with E-state index in [1.165, 1.54) is 0 Å². The van der Waals surface area contributed by atoms with E-state index in [-0.39, 0.29) is 11.8 Å². The molecule has 25 heavy (non-hydrogen) atoms. The molecule has 1 aliphatic rings. The molecule has 6 nitrogen and oxygen atoms in total. The number of benzene rings is 1. The molecule has 3 heterocycles. The van der Waals surface area contributed by atoms with Crippen molar-refractivity contribution in [2.24, 2.45) is 0 Å². The third-order valence-corrected chi connectivity index (χ3v) is 4.67. The minimum atomic E-state index is 0.00279. The fourth-order valence-electron chi connectivity index (χ4n) is 3.38. The molecule has 0 N–H and O–H groups in total. The lowest BCUT2D eigenvalue weighted by Crippen LogP contribution is -2.39. The maximum Gasteiger partial charge on any atom is 0.253 e. The van der Waals surface area contributed by atoms with Crippen LogP contribution < -0.4 is 0 Å². The van der Waals surface area contributed by atoms with Crippen molar-refractivity contribution < 1.29 is 4.79 Å². The van der Waals surface area contributed by atoms with Gasteiger partial charge >= 0.3 is 0 Å². The molecule has 1 aromatic carbocycles. The molecular weight excluding hydrogens is 314 g/mol. The van der Waals surface area contributed by atoms with Crippen LogP contribution in [0.1, 0.15) is 40.5 Å². The van der Waals surface area contributed by atoms with Gasteiger partial charge in [-0.1, -0.05) is 6.07 Å². The number of hydrogen-bond acceptors (Lipinski definition) is 4. The number of carbonyl (C=O) groups is 1. The summed E-state index contributed by atoms with van der Waals surface area (Å²) in [6.07, 6.45) is 3.90. The predicted octanol–water partition coefficient (Wildman–Crippen LogP) is 2.62. The Labute approximate surface area is 145 Å². The Balaban J connectivity index is 1.56. The summed E-state index contributed by atoms with van der Waals surface area (Å²) in [6.45, 7) is 1.38. The monoisotopic (exact) mass is 331 g/mol. The van der Waals surface area contributed by atoms with Crippen molar-refractivity contribution in [3.05, 3.63) is 65.6 Å². The van der Waals surface area contributed by atoms with Crippen molar-refractivity contribution in [1.29, 1.82) is 5.26 Å². The van der Waals surface area contributed by atoms with Gasteiger partial charge in [0.25, 0.3) is 5.91 Å². The van der Waals surface area contributed by atoms with Crippen molar-refractivity contribution in [3.63, 3.8) is 0 Å². The molecule has 1 saturated heterocycles. The Morgan fingerprint density at radius 3 is 2.80 bits per heavy atom.